The summed E-state index contributed by atoms with van der Waals surface area (Å²) in [6.07, 6.45) is 0. The van der Waals surface area contributed by atoms with E-state index < -0.39 is 22.3 Å². The molecule has 162 valence electrons. The molecule has 0 bridgehead atoms. The van der Waals surface area contributed by atoms with Crippen molar-refractivity contribution >= 4 is 46.0 Å². The van der Waals surface area contributed by atoms with Gasteiger partial charge in [0.15, 0.2) is 5.78 Å². The van der Waals surface area contributed by atoms with Crippen LogP contribution in [0, 0.1) is 16.0 Å². The fraction of sp³-hybridized carbons (Fsp3) is 0.217. The van der Waals surface area contributed by atoms with Gasteiger partial charge >= 0.3 is 0 Å². The number of halogens is 1. The van der Waals surface area contributed by atoms with E-state index in [4.69, 9.17) is 11.6 Å². The lowest BCUT2D eigenvalue weighted by Crippen LogP contribution is -2.51. The zero-order valence-corrected chi connectivity index (χ0v) is 18.5. The van der Waals surface area contributed by atoms with Gasteiger partial charge in [0.2, 0.25) is 5.91 Å². The number of benzene rings is 2. The number of anilines is 1. The average Bonchev–Trinajstić information content (AvgIpc) is 3.47. The fourth-order valence-corrected chi connectivity index (χ4v) is 6.03. The van der Waals surface area contributed by atoms with Gasteiger partial charge in [0, 0.05) is 40.9 Å². The molecule has 5 rings (SSSR count). The molecular weight excluding hydrogens is 450 g/mol. The van der Waals surface area contributed by atoms with Gasteiger partial charge in [0.25, 0.3) is 5.69 Å². The molecule has 0 saturated carbocycles. The van der Waals surface area contributed by atoms with Crippen molar-refractivity contribution in [1.82, 2.24) is 4.90 Å². The van der Waals surface area contributed by atoms with Gasteiger partial charge in [-0.2, -0.15) is 0 Å². The molecule has 0 unspecified atom stereocenters. The highest BCUT2D eigenvalue weighted by Gasteiger charge is 2.64. The van der Waals surface area contributed by atoms with E-state index in [0.29, 0.717) is 33.3 Å². The molecule has 2 aliphatic heterocycles. The van der Waals surface area contributed by atoms with Crippen molar-refractivity contribution in [2.24, 2.45) is 5.92 Å². The molecule has 7 nitrogen and oxygen atoms in total. The molecule has 32 heavy (non-hydrogen) atoms. The minimum atomic E-state index is -1.27. The minimum Gasteiger partial charge on any atom is -0.324 e. The number of nitrogens with zero attached hydrogens (tertiary/aromatic N) is 2. The van der Waals surface area contributed by atoms with Gasteiger partial charge in [-0.05, 0) is 42.3 Å². The summed E-state index contributed by atoms with van der Waals surface area (Å²) in [5.41, 5.74) is 0.612. The van der Waals surface area contributed by atoms with Crippen molar-refractivity contribution in [2.75, 3.05) is 18.9 Å². The standard InChI is InChI=1S/C23H18ClN3O4S/c1-26-12-16(13-4-2-5-15(10-13)27(30)31)20(21(28)19-6-3-9-32-19)23(26)17-11-14(24)7-8-18(17)25-22(23)29/h2-11,16,20H,12H2,1H3,(H,25,29)/t16-,20+,23+/m0/s1. The minimum absolute atomic E-state index is 0.0484. The van der Waals surface area contributed by atoms with Crippen molar-refractivity contribution in [3.63, 3.8) is 0 Å². The van der Waals surface area contributed by atoms with Gasteiger partial charge in [-0.15, -0.1) is 11.3 Å². The lowest BCUT2D eigenvalue weighted by atomic mass is 9.71. The quantitative estimate of drug-likeness (QED) is 0.341. The molecule has 1 fully saturated rings. The van der Waals surface area contributed by atoms with Gasteiger partial charge in [0.1, 0.15) is 5.54 Å². The van der Waals surface area contributed by atoms with Crippen LogP contribution in [0.1, 0.15) is 26.7 Å². The molecule has 0 radical (unpaired) electrons. The molecular formula is C23H18ClN3O4S. The number of rotatable bonds is 4. The number of thiophene rings is 1. The first-order valence-corrected chi connectivity index (χ1v) is 11.2. The van der Waals surface area contributed by atoms with E-state index in [2.05, 4.69) is 5.32 Å². The zero-order valence-electron chi connectivity index (χ0n) is 16.9. The number of carbonyl (C=O) groups excluding carboxylic acids is 2. The number of hydrogen-bond acceptors (Lipinski definition) is 6. The lowest BCUT2D eigenvalue weighted by molar-refractivity contribution is -0.384. The first-order valence-electron chi connectivity index (χ1n) is 9.99. The molecule has 1 saturated heterocycles. The van der Waals surface area contributed by atoms with Crippen LogP contribution in [0.4, 0.5) is 11.4 Å². The van der Waals surface area contributed by atoms with Crippen LogP contribution in [0.2, 0.25) is 5.02 Å². The molecule has 1 amide bonds. The SMILES string of the molecule is CN1C[C@@H](c2cccc([N+](=O)[O-])c2)[C@H](C(=O)c2cccs2)[C@]12C(=O)Nc1ccc(Cl)cc12. The van der Waals surface area contributed by atoms with Crippen LogP contribution in [0.25, 0.3) is 0 Å². The highest BCUT2D eigenvalue weighted by Crippen LogP contribution is 2.56. The van der Waals surface area contributed by atoms with Gasteiger partial charge < -0.3 is 5.32 Å². The Morgan fingerprint density at radius 2 is 2.06 bits per heavy atom. The first kappa shape index (κ1) is 20.8. The number of ketones is 1. The highest BCUT2D eigenvalue weighted by atomic mass is 35.5. The summed E-state index contributed by atoms with van der Waals surface area (Å²) in [6.45, 7) is 0.377. The number of nitro groups is 1. The molecule has 0 aliphatic carbocycles. The van der Waals surface area contributed by atoms with E-state index in [1.165, 1.54) is 23.5 Å². The third kappa shape index (κ3) is 2.91. The predicted octanol–water partition coefficient (Wildman–Crippen LogP) is 4.69. The molecule has 3 atom stereocenters. The number of nitro benzene ring substituents is 1. The van der Waals surface area contributed by atoms with Crippen LogP contribution in [0.3, 0.4) is 0 Å². The van der Waals surface area contributed by atoms with Gasteiger partial charge in [-0.1, -0.05) is 29.8 Å². The lowest BCUT2D eigenvalue weighted by Gasteiger charge is -2.35. The summed E-state index contributed by atoms with van der Waals surface area (Å²) in [6, 6.07) is 15.0. The van der Waals surface area contributed by atoms with E-state index in [1.54, 1.807) is 42.5 Å². The second kappa shape index (κ2) is 7.51. The topological polar surface area (TPSA) is 92.5 Å². The third-order valence-corrected chi connectivity index (χ3v) is 7.59. The Morgan fingerprint density at radius 1 is 1.25 bits per heavy atom. The van der Waals surface area contributed by atoms with Crippen molar-refractivity contribution in [1.29, 1.82) is 0 Å². The number of carbonyl (C=O) groups is 2. The van der Waals surface area contributed by atoms with Gasteiger partial charge in [0.05, 0.1) is 15.7 Å². The largest absolute Gasteiger partial charge is 0.324 e. The van der Waals surface area contributed by atoms with E-state index in [0.717, 1.165) is 0 Å². The fourth-order valence-electron chi connectivity index (χ4n) is 5.15. The summed E-state index contributed by atoms with van der Waals surface area (Å²) in [5, 5.41) is 16.6. The number of likely N-dealkylation sites (N-methyl/N-ethyl adjacent to an activating group) is 1. The monoisotopic (exact) mass is 467 g/mol. The number of likely N-dealkylation sites (tertiary alicyclic amines) is 1. The summed E-state index contributed by atoms with van der Waals surface area (Å²) in [5.74, 6) is -1.66. The summed E-state index contributed by atoms with van der Waals surface area (Å²) >= 11 is 7.62. The van der Waals surface area contributed by atoms with Crippen LogP contribution in [0.15, 0.2) is 60.0 Å². The van der Waals surface area contributed by atoms with E-state index in [-0.39, 0.29) is 17.4 Å². The molecule has 3 heterocycles. The maximum atomic E-state index is 13.9. The number of hydrogen-bond donors (Lipinski definition) is 1. The van der Waals surface area contributed by atoms with Gasteiger partial charge in [-0.25, -0.2) is 0 Å². The number of nitrogens with one attached hydrogen (secondary N) is 1. The van der Waals surface area contributed by atoms with E-state index >= 15 is 0 Å². The molecule has 1 spiro atoms. The Kier molecular flexibility index (Phi) is 4.88. The Labute approximate surface area is 192 Å². The number of Topliss-reactive ketones (excluding diaryl/α,β-unsaturated/α-hetero) is 1. The second-order valence-electron chi connectivity index (χ2n) is 8.07. The van der Waals surface area contributed by atoms with Gasteiger partial charge in [-0.3, -0.25) is 24.6 Å². The Hall–Kier alpha value is -3.07. The zero-order chi connectivity index (χ0) is 22.6. The average molecular weight is 468 g/mol. The van der Waals surface area contributed by atoms with Crippen molar-refractivity contribution in [3.8, 4) is 0 Å². The molecule has 2 aliphatic rings. The summed E-state index contributed by atoms with van der Waals surface area (Å²) < 4.78 is 0. The Bertz CT molecular complexity index is 1260. The summed E-state index contributed by atoms with van der Waals surface area (Å²) in [7, 11) is 1.81. The van der Waals surface area contributed by atoms with E-state index in [1.807, 2.05) is 17.3 Å². The number of amides is 1. The van der Waals surface area contributed by atoms with Crippen molar-refractivity contribution in [3.05, 3.63) is 91.1 Å². The number of fused-ring (bicyclic) bond motifs is 2. The number of non-ortho nitro benzene ring substituents is 1. The van der Waals surface area contributed by atoms with Crippen LogP contribution in [-0.2, 0) is 10.3 Å². The van der Waals surface area contributed by atoms with Crippen LogP contribution in [0.5, 0.6) is 0 Å². The van der Waals surface area contributed by atoms with E-state index in [9.17, 15) is 19.7 Å². The maximum absolute atomic E-state index is 13.9. The smallest absolute Gasteiger partial charge is 0.269 e. The van der Waals surface area contributed by atoms with Crippen LogP contribution < -0.4 is 5.32 Å². The van der Waals surface area contributed by atoms with Crippen LogP contribution >= 0.6 is 22.9 Å². The normalized spacial score (nSPS) is 24.5. The molecule has 1 aromatic heterocycles. The van der Waals surface area contributed by atoms with Crippen molar-refractivity contribution in [2.45, 2.75) is 11.5 Å². The molecule has 9 heteroatoms. The highest BCUT2D eigenvalue weighted by molar-refractivity contribution is 7.12. The molecule has 2 aromatic carbocycles. The Morgan fingerprint density at radius 3 is 2.78 bits per heavy atom. The predicted molar refractivity (Wildman–Crippen MR) is 122 cm³/mol. The van der Waals surface area contributed by atoms with Crippen LogP contribution in [-0.4, -0.2) is 35.1 Å². The van der Waals surface area contributed by atoms with Crippen molar-refractivity contribution < 1.29 is 14.5 Å². The second-order valence-corrected chi connectivity index (χ2v) is 9.45. The third-order valence-electron chi connectivity index (χ3n) is 6.47. The summed E-state index contributed by atoms with van der Waals surface area (Å²) in [4.78, 5) is 40.8. The first-order chi connectivity index (χ1) is 15.3. The Balaban J connectivity index is 1.74. The maximum Gasteiger partial charge on any atom is 0.269 e. The molecule has 1 N–H and O–H groups in total. The molecule has 3 aromatic rings.